The third-order valence-corrected chi connectivity index (χ3v) is 6.21. The highest BCUT2D eigenvalue weighted by Crippen LogP contribution is 2.06. The van der Waals surface area contributed by atoms with Gasteiger partial charge in [0.05, 0.1) is 46.1 Å². The van der Waals surface area contributed by atoms with E-state index in [4.69, 9.17) is 10.2 Å². The summed E-state index contributed by atoms with van der Waals surface area (Å²) < 4.78 is 0. The minimum Gasteiger partial charge on any atom is -0.481 e. The maximum atomic E-state index is 12.8. The zero-order valence-corrected chi connectivity index (χ0v) is 23.5. The number of nitrogens with zero attached hydrogens (tertiary/aromatic N) is 5. The molecule has 0 bridgehead atoms. The highest BCUT2D eigenvalue weighted by Gasteiger charge is 2.30. The third kappa shape index (κ3) is 16.2. The normalized spacial score (nSPS) is 11.4. The monoisotopic (exact) mass is 595 g/mol. The lowest BCUT2D eigenvalue weighted by atomic mass is 10.1. The van der Waals surface area contributed by atoms with Crippen LogP contribution in [0, 0.1) is 5.92 Å². The summed E-state index contributed by atoms with van der Waals surface area (Å²) in [6.45, 7) is -0.261. The van der Waals surface area contributed by atoms with E-state index in [9.17, 15) is 49.5 Å². The standard InChI is InChI=1S/C24H45N5O12/c1-2-25(16-20(34)28(7-11-30)8-12-31)3-4-26(18-22(36)37)5-6-27(15-19(23(38)39)24(40)41)17-21(35)29(9-13-32)10-14-33/h19,30-33H,2-18H2,1H3,(H,36,37)(H,38,39)(H,40,41). The first-order valence-electron chi connectivity index (χ1n) is 13.3. The summed E-state index contributed by atoms with van der Waals surface area (Å²) >= 11 is 0. The van der Waals surface area contributed by atoms with Crippen molar-refractivity contribution in [3.63, 3.8) is 0 Å². The maximum Gasteiger partial charge on any atom is 0.319 e. The molecule has 0 aromatic heterocycles. The van der Waals surface area contributed by atoms with E-state index in [2.05, 4.69) is 0 Å². The van der Waals surface area contributed by atoms with Gasteiger partial charge in [-0.2, -0.15) is 0 Å². The number of aliphatic hydroxyl groups excluding tert-OH is 4. The van der Waals surface area contributed by atoms with Crippen LogP contribution in [0.25, 0.3) is 0 Å². The Balaban J connectivity index is 5.58. The van der Waals surface area contributed by atoms with Gasteiger partial charge >= 0.3 is 17.9 Å². The van der Waals surface area contributed by atoms with Crippen LogP contribution in [-0.4, -0.2) is 201 Å². The van der Waals surface area contributed by atoms with Gasteiger partial charge in [0.1, 0.15) is 0 Å². The van der Waals surface area contributed by atoms with Gasteiger partial charge in [0.2, 0.25) is 11.8 Å². The van der Waals surface area contributed by atoms with Gasteiger partial charge in [0.25, 0.3) is 0 Å². The molecule has 0 aromatic carbocycles. The van der Waals surface area contributed by atoms with Crippen molar-refractivity contribution < 1.29 is 59.7 Å². The first kappa shape index (κ1) is 38.1. The van der Waals surface area contributed by atoms with E-state index in [-0.39, 0.29) is 91.2 Å². The number of carbonyl (C=O) groups is 5. The van der Waals surface area contributed by atoms with Gasteiger partial charge in [0, 0.05) is 58.9 Å². The van der Waals surface area contributed by atoms with Gasteiger partial charge in [-0.15, -0.1) is 0 Å². The summed E-state index contributed by atoms with van der Waals surface area (Å²) in [5.74, 6) is -7.15. The van der Waals surface area contributed by atoms with Gasteiger partial charge in [-0.3, -0.25) is 38.7 Å². The molecule has 41 heavy (non-hydrogen) atoms. The molecule has 0 aliphatic carbocycles. The average molecular weight is 596 g/mol. The molecule has 0 aliphatic heterocycles. The number of hydrogen-bond donors (Lipinski definition) is 7. The van der Waals surface area contributed by atoms with Crippen LogP contribution in [0.1, 0.15) is 6.92 Å². The quantitative estimate of drug-likeness (QED) is 0.0491. The predicted octanol–water partition coefficient (Wildman–Crippen LogP) is -4.59. The number of amides is 2. The number of carboxylic acid groups (broad SMARTS) is 3. The zero-order valence-electron chi connectivity index (χ0n) is 23.5. The minimum absolute atomic E-state index is 0.0121. The van der Waals surface area contributed by atoms with Crippen LogP contribution in [0.5, 0.6) is 0 Å². The fourth-order valence-electron chi connectivity index (χ4n) is 3.92. The summed E-state index contributed by atoms with van der Waals surface area (Å²) in [6.07, 6.45) is 0. The molecule has 0 atom stereocenters. The molecule has 17 nitrogen and oxygen atoms in total. The molecule has 0 saturated heterocycles. The van der Waals surface area contributed by atoms with Crippen molar-refractivity contribution >= 4 is 29.7 Å². The summed E-state index contributed by atoms with van der Waals surface area (Å²) in [6, 6.07) is 0. The Morgan fingerprint density at radius 1 is 0.537 bits per heavy atom. The molecule has 17 heteroatoms. The molecule has 0 fully saturated rings. The Bertz CT molecular complexity index is 792. The van der Waals surface area contributed by atoms with Crippen molar-refractivity contribution in [1.82, 2.24) is 24.5 Å². The van der Waals surface area contributed by atoms with E-state index in [0.717, 1.165) is 4.90 Å². The van der Waals surface area contributed by atoms with Crippen molar-refractivity contribution in [2.24, 2.45) is 5.92 Å². The number of likely N-dealkylation sites (N-methyl/N-ethyl adjacent to an activating group) is 1. The van der Waals surface area contributed by atoms with Crippen molar-refractivity contribution in [2.45, 2.75) is 6.92 Å². The second-order valence-corrected chi connectivity index (χ2v) is 9.16. The number of rotatable bonds is 25. The second-order valence-electron chi connectivity index (χ2n) is 9.16. The smallest absolute Gasteiger partial charge is 0.319 e. The molecule has 0 saturated carbocycles. The number of carbonyl (C=O) groups excluding carboxylic acids is 2. The van der Waals surface area contributed by atoms with Gasteiger partial charge in [-0.1, -0.05) is 6.92 Å². The average Bonchev–Trinajstić information content (AvgIpc) is 2.90. The molecular weight excluding hydrogens is 550 g/mol. The van der Waals surface area contributed by atoms with Crippen molar-refractivity contribution in [3.8, 4) is 0 Å². The SMILES string of the molecule is CCN(CCN(CCN(CC(=O)N(CCO)CCO)CC(C(=O)O)C(=O)O)CC(=O)O)CC(=O)N(CCO)CCO. The first-order valence-corrected chi connectivity index (χ1v) is 13.3. The van der Waals surface area contributed by atoms with Crippen molar-refractivity contribution in [1.29, 1.82) is 0 Å². The molecule has 0 aromatic rings. The maximum absolute atomic E-state index is 12.8. The Hall–Kier alpha value is -2.93. The topological polar surface area (TPSA) is 243 Å². The van der Waals surface area contributed by atoms with E-state index >= 15 is 0 Å². The van der Waals surface area contributed by atoms with Gasteiger partial charge < -0.3 is 45.5 Å². The molecule has 0 heterocycles. The van der Waals surface area contributed by atoms with Gasteiger partial charge in [-0.05, 0) is 6.54 Å². The molecule has 238 valence electrons. The molecular formula is C24H45N5O12. The molecule has 0 radical (unpaired) electrons. The van der Waals surface area contributed by atoms with Crippen LogP contribution < -0.4 is 0 Å². The van der Waals surface area contributed by atoms with E-state index in [1.807, 2.05) is 0 Å². The summed E-state index contributed by atoms with van der Waals surface area (Å²) in [5, 5.41) is 64.8. The van der Waals surface area contributed by atoms with Crippen LogP contribution in [0.4, 0.5) is 0 Å². The Kier molecular flexibility index (Phi) is 20.2. The molecule has 7 N–H and O–H groups in total. The Labute approximate surface area is 238 Å². The highest BCUT2D eigenvalue weighted by molar-refractivity contribution is 5.93. The summed E-state index contributed by atoms with van der Waals surface area (Å²) in [5.41, 5.74) is 0. The van der Waals surface area contributed by atoms with Crippen molar-refractivity contribution in [2.75, 3.05) is 112 Å². The van der Waals surface area contributed by atoms with Crippen LogP contribution in [0.2, 0.25) is 0 Å². The largest absolute Gasteiger partial charge is 0.481 e. The minimum atomic E-state index is -1.86. The molecule has 0 rings (SSSR count). The first-order chi connectivity index (χ1) is 19.4. The molecule has 2 amide bonds. The van der Waals surface area contributed by atoms with Crippen LogP contribution in [0.3, 0.4) is 0 Å². The zero-order chi connectivity index (χ0) is 31.4. The predicted molar refractivity (Wildman–Crippen MR) is 143 cm³/mol. The van der Waals surface area contributed by atoms with E-state index in [1.54, 1.807) is 11.8 Å². The number of carboxylic acids is 3. The van der Waals surface area contributed by atoms with Gasteiger partial charge in [0.15, 0.2) is 5.92 Å². The van der Waals surface area contributed by atoms with E-state index < -0.39 is 49.4 Å². The Morgan fingerprint density at radius 2 is 0.902 bits per heavy atom. The lowest BCUT2D eigenvalue weighted by Crippen LogP contribution is -2.49. The van der Waals surface area contributed by atoms with E-state index in [0.29, 0.717) is 6.54 Å². The lowest BCUT2D eigenvalue weighted by molar-refractivity contribution is -0.156. The van der Waals surface area contributed by atoms with Crippen LogP contribution >= 0.6 is 0 Å². The Morgan fingerprint density at radius 3 is 1.24 bits per heavy atom. The highest BCUT2D eigenvalue weighted by atomic mass is 16.4. The molecule has 0 spiro atoms. The van der Waals surface area contributed by atoms with Gasteiger partial charge in [-0.25, -0.2) is 0 Å². The second kappa shape index (κ2) is 21.8. The number of aliphatic carboxylic acids is 3. The van der Waals surface area contributed by atoms with Crippen LogP contribution in [0.15, 0.2) is 0 Å². The lowest BCUT2D eigenvalue weighted by Gasteiger charge is -2.31. The third-order valence-electron chi connectivity index (χ3n) is 6.21. The molecule has 0 unspecified atom stereocenters. The van der Waals surface area contributed by atoms with E-state index in [1.165, 1.54) is 14.7 Å². The van der Waals surface area contributed by atoms with Crippen molar-refractivity contribution in [3.05, 3.63) is 0 Å². The fourth-order valence-corrected chi connectivity index (χ4v) is 3.92. The number of hydrogen-bond acceptors (Lipinski definition) is 12. The van der Waals surface area contributed by atoms with Crippen LogP contribution in [-0.2, 0) is 24.0 Å². The molecule has 0 aliphatic rings. The summed E-state index contributed by atoms with van der Waals surface area (Å²) in [4.78, 5) is 66.8. The number of aliphatic hydroxyl groups is 4. The fraction of sp³-hybridized carbons (Fsp3) is 0.792. The summed E-state index contributed by atoms with van der Waals surface area (Å²) in [7, 11) is 0.